The van der Waals surface area contributed by atoms with Gasteiger partial charge in [0.2, 0.25) is 0 Å². The summed E-state index contributed by atoms with van der Waals surface area (Å²) in [5.41, 5.74) is 1.66. The van der Waals surface area contributed by atoms with Gasteiger partial charge in [-0.1, -0.05) is 34.8 Å². The van der Waals surface area contributed by atoms with E-state index in [0.717, 1.165) is 18.6 Å². The average Bonchev–Trinajstić information content (AvgIpc) is 3.31. The molecule has 0 spiro atoms. The van der Waals surface area contributed by atoms with Crippen LogP contribution in [0.1, 0.15) is 35.2 Å². The van der Waals surface area contributed by atoms with Crippen LogP contribution in [0.2, 0.25) is 0 Å². The minimum Gasteiger partial charge on any atom is -0.467 e. The number of nitrogens with zero attached hydrogens (tertiary/aromatic N) is 3. The molecule has 0 radical (unpaired) electrons. The standard InChI is InChI=1S/C18H19N3O2S/c1-14(9-10-15-6-3-2-4-7-15)21(12-16-8-5-11-23-16)18(22)17-13-24-20-19-17/h2-8,11,13-14H,9-10,12H2,1H3/t14-/m0/s1. The van der Waals surface area contributed by atoms with Crippen molar-refractivity contribution >= 4 is 17.4 Å². The monoisotopic (exact) mass is 341 g/mol. The molecule has 0 unspecified atom stereocenters. The van der Waals surface area contributed by atoms with Crippen LogP contribution in [0.5, 0.6) is 0 Å². The van der Waals surface area contributed by atoms with Gasteiger partial charge in [0.05, 0.1) is 12.8 Å². The van der Waals surface area contributed by atoms with Gasteiger partial charge in [-0.15, -0.1) is 5.10 Å². The van der Waals surface area contributed by atoms with E-state index in [1.807, 2.05) is 30.3 Å². The van der Waals surface area contributed by atoms with E-state index in [0.29, 0.717) is 12.2 Å². The van der Waals surface area contributed by atoms with Gasteiger partial charge in [-0.2, -0.15) is 0 Å². The lowest BCUT2D eigenvalue weighted by atomic mass is 10.0. The highest BCUT2D eigenvalue weighted by molar-refractivity contribution is 7.03. The van der Waals surface area contributed by atoms with Crippen molar-refractivity contribution < 1.29 is 9.21 Å². The van der Waals surface area contributed by atoms with Crippen molar-refractivity contribution in [2.45, 2.75) is 32.4 Å². The van der Waals surface area contributed by atoms with Crippen LogP contribution in [0, 0.1) is 0 Å². The quantitative estimate of drug-likeness (QED) is 0.656. The Kier molecular flexibility index (Phi) is 5.38. The van der Waals surface area contributed by atoms with Crippen LogP contribution in [0.15, 0.2) is 58.5 Å². The molecule has 0 aliphatic heterocycles. The lowest BCUT2D eigenvalue weighted by molar-refractivity contribution is 0.0646. The van der Waals surface area contributed by atoms with Crippen molar-refractivity contribution in [3.05, 3.63) is 71.1 Å². The number of hydrogen-bond acceptors (Lipinski definition) is 5. The number of carbonyl (C=O) groups excluding carboxylic acids is 1. The van der Waals surface area contributed by atoms with Gasteiger partial charge in [-0.05, 0) is 49.0 Å². The average molecular weight is 341 g/mol. The molecule has 3 rings (SSSR count). The van der Waals surface area contributed by atoms with E-state index in [2.05, 4.69) is 28.6 Å². The number of hydrogen-bond donors (Lipinski definition) is 0. The third-order valence-electron chi connectivity index (χ3n) is 3.97. The molecule has 3 aromatic rings. The summed E-state index contributed by atoms with van der Waals surface area (Å²) >= 11 is 1.18. The summed E-state index contributed by atoms with van der Waals surface area (Å²) in [6.45, 7) is 2.49. The van der Waals surface area contributed by atoms with Gasteiger partial charge in [-0.3, -0.25) is 4.79 Å². The first-order valence-corrected chi connectivity index (χ1v) is 8.72. The number of carbonyl (C=O) groups is 1. The smallest absolute Gasteiger partial charge is 0.275 e. The van der Waals surface area contributed by atoms with E-state index in [-0.39, 0.29) is 11.9 Å². The van der Waals surface area contributed by atoms with Crippen molar-refractivity contribution in [1.29, 1.82) is 0 Å². The highest BCUT2D eigenvalue weighted by Gasteiger charge is 2.24. The summed E-state index contributed by atoms with van der Waals surface area (Å²) in [6.07, 6.45) is 3.41. The maximum absolute atomic E-state index is 12.8. The van der Waals surface area contributed by atoms with E-state index < -0.39 is 0 Å². The molecular weight excluding hydrogens is 322 g/mol. The molecule has 124 valence electrons. The number of aryl methyl sites for hydroxylation is 1. The first-order chi connectivity index (χ1) is 11.7. The van der Waals surface area contributed by atoms with E-state index in [1.54, 1.807) is 16.5 Å². The molecule has 2 heterocycles. The predicted octanol–water partition coefficient (Wildman–Crippen LogP) is 3.79. The highest BCUT2D eigenvalue weighted by Crippen LogP contribution is 2.17. The van der Waals surface area contributed by atoms with Crippen LogP contribution in [0.3, 0.4) is 0 Å². The largest absolute Gasteiger partial charge is 0.467 e. The molecule has 0 aliphatic rings. The topological polar surface area (TPSA) is 59.2 Å². The summed E-state index contributed by atoms with van der Waals surface area (Å²) in [4.78, 5) is 14.6. The minimum absolute atomic E-state index is 0.0597. The normalized spacial score (nSPS) is 12.0. The Bertz CT molecular complexity index is 742. The Morgan fingerprint density at radius 3 is 2.75 bits per heavy atom. The SMILES string of the molecule is C[C@@H](CCc1ccccc1)N(Cc1ccco1)C(=O)c1csnn1. The van der Waals surface area contributed by atoms with Crippen molar-refractivity contribution in [1.82, 2.24) is 14.5 Å². The van der Waals surface area contributed by atoms with Gasteiger partial charge in [0.15, 0.2) is 5.69 Å². The molecule has 1 atom stereocenters. The van der Waals surface area contributed by atoms with Crippen LogP contribution in [-0.2, 0) is 13.0 Å². The number of benzene rings is 1. The lowest BCUT2D eigenvalue weighted by Gasteiger charge is -2.28. The van der Waals surface area contributed by atoms with Gasteiger partial charge in [0.25, 0.3) is 5.91 Å². The van der Waals surface area contributed by atoms with E-state index >= 15 is 0 Å². The third kappa shape index (κ3) is 4.08. The van der Waals surface area contributed by atoms with E-state index in [4.69, 9.17) is 4.42 Å². The van der Waals surface area contributed by atoms with Crippen LogP contribution in [0.4, 0.5) is 0 Å². The molecule has 0 bridgehead atoms. The fourth-order valence-corrected chi connectivity index (χ4v) is 3.01. The maximum atomic E-state index is 12.8. The van der Waals surface area contributed by atoms with E-state index in [9.17, 15) is 4.79 Å². The molecule has 5 nitrogen and oxygen atoms in total. The minimum atomic E-state index is -0.110. The molecular formula is C18H19N3O2S. The molecule has 24 heavy (non-hydrogen) atoms. The first-order valence-electron chi connectivity index (χ1n) is 7.88. The fraction of sp³-hybridized carbons (Fsp3) is 0.278. The number of rotatable bonds is 7. The van der Waals surface area contributed by atoms with Crippen LogP contribution in [-0.4, -0.2) is 26.4 Å². The Labute approximate surface area is 145 Å². The van der Waals surface area contributed by atoms with Crippen molar-refractivity contribution in [3.63, 3.8) is 0 Å². The van der Waals surface area contributed by atoms with Crippen LogP contribution in [0.25, 0.3) is 0 Å². The Hall–Kier alpha value is -2.47. The summed E-state index contributed by atoms with van der Waals surface area (Å²) in [5.74, 6) is 0.652. The summed E-state index contributed by atoms with van der Waals surface area (Å²) in [6, 6.07) is 14.1. The molecule has 1 amide bonds. The predicted molar refractivity (Wildman–Crippen MR) is 92.7 cm³/mol. The number of aromatic nitrogens is 2. The van der Waals surface area contributed by atoms with Gasteiger partial charge in [0, 0.05) is 11.4 Å². The molecule has 1 aromatic carbocycles. The number of furan rings is 1. The second kappa shape index (κ2) is 7.88. The first kappa shape index (κ1) is 16.4. The van der Waals surface area contributed by atoms with Crippen molar-refractivity contribution in [2.75, 3.05) is 0 Å². The van der Waals surface area contributed by atoms with Crippen LogP contribution >= 0.6 is 11.5 Å². The zero-order chi connectivity index (χ0) is 16.8. The van der Waals surface area contributed by atoms with Crippen molar-refractivity contribution in [3.8, 4) is 0 Å². The third-order valence-corrected chi connectivity index (χ3v) is 4.48. The number of amides is 1. The Balaban J connectivity index is 1.71. The summed E-state index contributed by atoms with van der Waals surface area (Å²) in [7, 11) is 0. The van der Waals surface area contributed by atoms with Crippen LogP contribution < -0.4 is 0 Å². The zero-order valence-electron chi connectivity index (χ0n) is 13.5. The molecule has 0 saturated carbocycles. The highest BCUT2D eigenvalue weighted by atomic mass is 32.1. The van der Waals surface area contributed by atoms with Gasteiger partial charge in [-0.25, -0.2) is 0 Å². The second-order valence-corrected chi connectivity index (χ2v) is 6.29. The molecule has 6 heteroatoms. The van der Waals surface area contributed by atoms with Gasteiger partial charge in [0.1, 0.15) is 5.76 Å². The van der Waals surface area contributed by atoms with Gasteiger partial charge >= 0.3 is 0 Å². The molecule has 0 aliphatic carbocycles. The summed E-state index contributed by atoms with van der Waals surface area (Å²) in [5, 5.41) is 5.60. The van der Waals surface area contributed by atoms with Gasteiger partial charge < -0.3 is 9.32 Å². The Morgan fingerprint density at radius 2 is 2.08 bits per heavy atom. The molecule has 0 fully saturated rings. The Morgan fingerprint density at radius 1 is 1.25 bits per heavy atom. The van der Waals surface area contributed by atoms with E-state index in [1.165, 1.54) is 17.1 Å². The van der Waals surface area contributed by atoms with Crippen molar-refractivity contribution in [2.24, 2.45) is 0 Å². The molecule has 0 N–H and O–H groups in total. The second-order valence-electron chi connectivity index (χ2n) is 5.68. The maximum Gasteiger partial charge on any atom is 0.275 e. The zero-order valence-corrected chi connectivity index (χ0v) is 14.3. The molecule has 0 saturated heterocycles. The fourth-order valence-electron chi connectivity index (χ4n) is 2.58. The lowest BCUT2D eigenvalue weighted by Crippen LogP contribution is -2.38. The summed E-state index contributed by atoms with van der Waals surface area (Å²) < 4.78 is 9.21. The molecule has 2 aromatic heterocycles.